The molecule has 0 amide bonds. The summed E-state index contributed by atoms with van der Waals surface area (Å²) in [6.07, 6.45) is 1.46. The summed E-state index contributed by atoms with van der Waals surface area (Å²) < 4.78 is 35.1. The smallest absolute Gasteiger partial charge is 0.343 e. The summed E-state index contributed by atoms with van der Waals surface area (Å²) in [5.41, 5.74) is 1.46. The highest BCUT2D eigenvalue weighted by Gasteiger charge is 2.12. The van der Waals surface area contributed by atoms with Gasteiger partial charge in [0.15, 0.2) is 11.6 Å². The molecule has 0 spiro atoms. The molecule has 3 aromatic rings. The first-order valence-electron chi connectivity index (χ1n) is 11.5. The average Bonchev–Trinajstić information content (AvgIpc) is 2.94. The number of ether oxygens (including phenoxy) is 4. The van der Waals surface area contributed by atoms with Gasteiger partial charge in [0.05, 0.1) is 31.0 Å². The van der Waals surface area contributed by atoms with Crippen molar-refractivity contribution in [1.82, 2.24) is 0 Å². The van der Waals surface area contributed by atoms with Crippen molar-refractivity contribution in [3.8, 4) is 28.4 Å². The van der Waals surface area contributed by atoms with E-state index in [2.05, 4.69) is 13.2 Å². The molecule has 0 unspecified atom stereocenters. The Morgan fingerprint density at radius 3 is 2.11 bits per heavy atom. The maximum absolute atomic E-state index is 14.5. The Balaban J connectivity index is 1.55. The molecule has 9 heteroatoms. The minimum atomic E-state index is -0.761. The molecule has 0 aliphatic heterocycles. The van der Waals surface area contributed by atoms with Gasteiger partial charge >= 0.3 is 17.9 Å². The van der Waals surface area contributed by atoms with Crippen LogP contribution in [-0.4, -0.2) is 42.8 Å². The Bertz CT molecular complexity index is 1310. The Morgan fingerprint density at radius 2 is 1.50 bits per heavy atom. The van der Waals surface area contributed by atoms with E-state index in [0.717, 1.165) is 6.08 Å². The van der Waals surface area contributed by atoms with Crippen LogP contribution in [0.3, 0.4) is 0 Å². The summed E-state index contributed by atoms with van der Waals surface area (Å²) in [6.45, 7) is 6.48. The SMILES string of the molecule is C=CC(=O)OCCCOc1ccc(-c2ccc(C(=O)Oc3ccc(OC(=O)C(=C)CO)cc3)cc2)cc1F. The first-order chi connectivity index (χ1) is 18.3. The van der Waals surface area contributed by atoms with E-state index in [1.807, 2.05) is 0 Å². The lowest BCUT2D eigenvalue weighted by Gasteiger charge is -2.10. The Morgan fingerprint density at radius 1 is 0.868 bits per heavy atom. The van der Waals surface area contributed by atoms with Gasteiger partial charge in [0.1, 0.15) is 11.5 Å². The molecule has 0 fully saturated rings. The van der Waals surface area contributed by atoms with Gasteiger partial charge in [0.2, 0.25) is 0 Å². The molecular formula is C29H25FO8. The zero-order chi connectivity index (χ0) is 27.5. The van der Waals surface area contributed by atoms with E-state index in [1.165, 1.54) is 36.4 Å². The molecule has 0 aliphatic carbocycles. The topological polar surface area (TPSA) is 108 Å². The van der Waals surface area contributed by atoms with Crippen LogP contribution < -0.4 is 14.2 Å². The van der Waals surface area contributed by atoms with Gasteiger partial charge in [0.25, 0.3) is 0 Å². The van der Waals surface area contributed by atoms with Crippen LogP contribution in [0.25, 0.3) is 11.1 Å². The molecule has 38 heavy (non-hydrogen) atoms. The fourth-order valence-corrected chi connectivity index (χ4v) is 3.05. The fourth-order valence-electron chi connectivity index (χ4n) is 3.05. The van der Waals surface area contributed by atoms with E-state index in [-0.39, 0.29) is 41.6 Å². The average molecular weight is 521 g/mol. The normalized spacial score (nSPS) is 10.3. The van der Waals surface area contributed by atoms with Gasteiger partial charge in [-0.1, -0.05) is 31.4 Å². The highest BCUT2D eigenvalue weighted by molar-refractivity contribution is 5.92. The van der Waals surface area contributed by atoms with Gasteiger partial charge in [-0.15, -0.1) is 0 Å². The molecule has 0 bridgehead atoms. The van der Waals surface area contributed by atoms with Crippen LogP contribution in [0.15, 0.2) is 91.5 Å². The number of benzene rings is 3. The number of aliphatic hydroxyl groups excluding tert-OH is 1. The van der Waals surface area contributed by atoms with Crippen LogP contribution >= 0.6 is 0 Å². The Hall–Kier alpha value is -4.76. The lowest BCUT2D eigenvalue weighted by Crippen LogP contribution is -2.13. The summed E-state index contributed by atoms with van der Waals surface area (Å²) >= 11 is 0. The second kappa shape index (κ2) is 13.5. The zero-order valence-corrected chi connectivity index (χ0v) is 20.4. The van der Waals surface area contributed by atoms with Crippen molar-refractivity contribution >= 4 is 17.9 Å². The molecule has 0 saturated heterocycles. The second-order valence-electron chi connectivity index (χ2n) is 7.81. The lowest BCUT2D eigenvalue weighted by atomic mass is 10.0. The number of halogens is 1. The van der Waals surface area contributed by atoms with Crippen LogP contribution in [0.1, 0.15) is 16.8 Å². The van der Waals surface area contributed by atoms with Crippen LogP contribution in [0.4, 0.5) is 4.39 Å². The van der Waals surface area contributed by atoms with Crippen molar-refractivity contribution < 1.29 is 42.8 Å². The molecule has 0 atom stereocenters. The summed E-state index contributed by atoms with van der Waals surface area (Å²) in [6, 6.07) is 16.7. The predicted octanol–water partition coefficient (Wildman–Crippen LogP) is 4.66. The van der Waals surface area contributed by atoms with E-state index in [0.29, 0.717) is 17.5 Å². The lowest BCUT2D eigenvalue weighted by molar-refractivity contribution is -0.138. The number of carbonyl (C=O) groups is 3. The number of rotatable bonds is 12. The molecule has 3 rings (SSSR count). The monoisotopic (exact) mass is 520 g/mol. The third-order valence-corrected chi connectivity index (χ3v) is 5.07. The van der Waals surface area contributed by atoms with Gasteiger partial charge in [-0.25, -0.2) is 18.8 Å². The highest BCUT2D eigenvalue weighted by Crippen LogP contribution is 2.27. The van der Waals surface area contributed by atoms with Gasteiger partial charge in [-0.2, -0.15) is 0 Å². The first kappa shape index (κ1) is 27.8. The Kier molecular flexibility index (Phi) is 9.90. The molecule has 1 N–H and O–H groups in total. The fraction of sp³-hybridized carbons (Fsp3) is 0.138. The summed E-state index contributed by atoms with van der Waals surface area (Å²) in [5, 5.41) is 8.91. The molecular weight excluding hydrogens is 495 g/mol. The van der Waals surface area contributed by atoms with Crippen molar-refractivity contribution in [2.24, 2.45) is 0 Å². The predicted molar refractivity (Wildman–Crippen MR) is 136 cm³/mol. The molecule has 3 aromatic carbocycles. The second-order valence-corrected chi connectivity index (χ2v) is 7.81. The summed E-state index contributed by atoms with van der Waals surface area (Å²) in [5.74, 6) is -1.94. The van der Waals surface area contributed by atoms with Gasteiger partial charge in [0, 0.05) is 12.5 Å². The molecule has 196 valence electrons. The molecule has 0 heterocycles. The van der Waals surface area contributed by atoms with Crippen LogP contribution in [0.5, 0.6) is 17.2 Å². The highest BCUT2D eigenvalue weighted by atomic mass is 19.1. The van der Waals surface area contributed by atoms with Crippen molar-refractivity contribution in [1.29, 1.82) is 0 Å². The summed E-state index contributed by atoms with van der Waals surface area (Å²) in [7, 11) is 0. The van der Waals surface area contributed by atoms with Gasteiger partial charge in [-0.3, -0.25) is 0 Å². The van der Waals surface area contributed by atoms with Crippen LogP contribution in [-0.2, 0) is 14.3 Å². The van der Waals surface area contributed by atoms with E-state index in [1.54, 1.807) is 30.3 Å². The quantitative estimate of drug-likeness (QED) is 0.159. The van der Waals surface area contributed by atoms with Crippen molar-refractivity contribution in [3.05, 3.63) is 103 Å². The van der Waals surface area contributed by atoms with E-state index >= 15 is 0 Å². The number of carbonyl (C=O) groups excluding carboxylic acids is 3. The zero-order valence-electron chi connectivity index (χ0n) is 20.4. The van der Waals surface area contributed by atoms with Crippen LogP contribution in [0, 0.1) is 5.82 Å². The first-order valence-corrected chi connectivity index (χ1v) is 11.5. The maximum Gasteiger partial charge on any atom is 0.343 e. The van der Waals surface area contributed by atoms with E-state index in [9.17, 15) is 18.8 Å². The molecule has 0 aliphatic rings. The maximum atomic E-state index is 14.5. The molecule has 0 radical (unpaired) electrons. The van der Waals surface area contributed by atoms with Crippen molar-refractivity contribution in [3.63, 3.8) is 0 Å². The molecule has 0 saturated carbocycles. The van der Waals surface area contributed by atoms with E-state index in [4.69, 9.17) is 24.1 Å². The van der Waals surface area contributed by atoms with Crippen LogP contribution in [0.2, 0.25) is 0 Å². The number of hydrogen-bond acceptors (Lipinski definition) is 8. The Labute approximate surface area is 218 Å². The molecule has 0 aromatic heterocycles. The standard InChI is InChI=1S/C29H25FO8/c1-3-27(32)36-16-4-15-35-26-14-9-22(17-25(26)30)20-5-7-21(8-6-20)29(34)38-24-12-10-23(11-13-24)37-28(33)19(2)18-31/h3,5-14,17,31H,1-2,4,15-16,18H2. The van der Waals surface area contributed by atoms with Crippen molar-refractivity contribution in [2.45, 2.75) is 6.42 Å². The number of esters is 3. The minimum Gasteiger partial charge on any atom is -0.490 e. The van der Waals surface area contributed by atoms with Crippen molar-refractivity contribution in [2.75, 3.05) is 19.8 Å². The number of hydrogen-bond donors (Lipinski definition) is 1. The minimum absolute atomic E-state index is 0.0723. The molecule has 8 nitrogen and oxygen atoms in total. The third-order valence-electron chi connectivity index (χ3n) is 5.07. The largest absolute Gasteiger partial charge is 0.490 e. The third kappa shape index (κ3) is 7.87. The van der Waals surface area contributed by atoms with Gasteiger partial charge < -0.3 is 24.1 Å². The van der Waals surface area contributed by atoms with Gasteiger partial charge in [-0.05, 0) is 59.7 Å². The van der Waals surface area contributed by atoms with E-state index < -0.39 is 30.3 Å². The number of aliphatic hydroxyl groups is 1. The summed E-state index contributed by atoms with van der Waals surface area (Å²) in [4.78, 5) is 35.1.